The van der Waals surface area contributed by atoms with Gasteiger partial charge in [0.1, 0.15) is 5.71 Å². The van der Waals surface area contributed by atoms with Gasteiger partial charge in [0.15, 0.2) is 0 Å². The van der Waals surface area contributed by atoms with Gasteiger partial charge in [-0.3, -0.25) is 4.55 Å². The van der Waals surface area contributed by atoms with Crippen LogP contribution in [0.15, 0.2) is 53.7 Å². The lowest BCUT2D eigenvalue weighted by atomic mass is 10.1. The molecule has 1 aliphatic carbocycles. The first-order valence-electron chi connectivity index (χ1n) is 13.6. The molecule has 6 nitrogen and oxygen atoms in total. The smallest absolute Gasteiger partial charge is 0.324 e. The topological polar surface area (TPSA) is 76.0 Å². The van der Waals surface area contributed by atoms with E-state index >= 15 is 0 Å². The Morgan fingerprint density at radius 3 is 1.31 bits per heavy atom. The fraction of sp³-hybridized carbons (Fsp3) is 0.552. The number of fused-ring (bicyclic) bond motifs is 3. The number of hydrogen-bond acceptors (Lipinski definition) is 4. The van der Waals surface area contributed by atoms with Crippen LogP contribution >= 0.6 is 0 Å². The zero-order chi connectivity index (χ0) is 26.4. The fourth-order valence-electron chi connectivity index (χ4n) is 4.82. The van der Waals surface area contributed by atoms with Crippen molar-refractivity contribution in [3.63, 3.8) is 0 Å². The zero-order valence-corrected chi connectivity index (χ0v) is 23.4. The van der Waals surface area contributed by atoms with Crippen molar-refractivity contribution in [2.24, 2.45) is 5.16 Å². The molecule has 0 amide bonds. The third-order valence-electron chi connectivity index (χ3n) is 6.82. The van der Waals surface area contributed by atoms with E-state index in [0.717, 1.165) is 22.3 Å². The summed E-state index contributed by atoms with van der Waals surface area (Å²) < 4.78 is 35.5. The van der Waals surface area contributed by atoms with Gasteiger partial charge in [0.05, 0.1) is 26.2 Å². The Balaban J connectivity index is 0.000000256. The van der Waals surface area contributed by atoms with E-state index in [2.05, 4.69) is 37.1 Å². The van der Waals surface area contributed by atoms with E-state index in [1.807, 2.05) is 48.5 Å². The average Bonchev–Trinajstić information content (AvgIpc) is 3.20. The lowest BCUT2D eigenvalue weighted by molar-refractivity contribution is -0.929. The van der Waals surface area contributed by atoms with Gasteiger partial charge < -0.3 is 4.48 Å². The maximum absolute atomic E-state index is 10.6. The second kappa shape index (κ2) is 15.1. The van der Waals surface area contributed by atoms with E-state index < -0.39 is 10.4 Å². The van der Waals surface area contributed by atoms with Crippen molar-refractivity contribution >= 4 is 16.1 Å². The quantitative estimate of drug-likeness (QED) is 0.139. The Hall–Kier alpha value is -2.22. The van der Waals surface area contributed by atoms with Crippen molar-refractivity contribution in [2.45, 2.75) is 79.1 Å². The molecule has 0 unspecified atom stereocenters. The molecule has 0 saturated carbocycles. The molecule has 3 rings (SSSR count). The van der Waals surface area contributed by atoms with E-state index in [4.69, 9.17) is 4.55 Å². The van der Waals surface area contributed by atoms with Crippen molar-refractivity contribution in [1.29, 1.82) is 0 Å². The Morgan fingerprint density at radius 2 is 1.00 bits per heavy atom. The van der Waals surface area contributed by atoms with Gasteiger partial charge in [-0.15, -0.1) is 0 Å². The average molecular weight is 518 g/mol. The minimum Gasteiger partial charge on any atom is -0.324 e. The highest BCUT2D eigenvalue weighted by Gasteiger charge is 2.26. The van der Waals surface area contributed by atoms with E-state index in [9.17, 15) is 8.42 Å². The van der Waals surface area contributed by atoms with Crippen molar-refractivity contribution < 1.29 is 21.7 Å². The third kappa shape index (κ3) is 9.02. The maximum atomic E-state index is 10.6. The molecule has 0 radical (unpaired) electrons. The fourth-order valence-corrected chi connectivity index (χ4v) is 4.99. The van der Waals surface area contributed by atoms with Crippen LogP contribution in [-0.2, 0) is 14.7 Å². The van der Waals surface area contributed by atoms with Crippen LogP contribution in [0.5, 0.6) is 0 Å². The third-order valence-corrected chi connectivity index (χ3v) is 7.08. The number of hydrogen-bond donors (Lipinski definition) is 1. The molecule has 0 bridgehead atoms. The summed E-state index contributed by atoms with van der Waals surface area (Å²) in [4.78, 5) is 0. The molecule has 0 fully saturated rings. The number of unbranched alkanes of at least 4 members (excludes halogenated alkanes) is 4. The molecular formula is C29H45N2O4S+. The standard InChI is InChI=1S/C16H36N.C13H9NO4S/c1-5-9-13-17(14-10-6-2,15-11-7-3)16-12-8-4;15-19(16,17)18-14-13-11-7-3-1-5-9(11)10-6-2-4-8-12(10)13/h5-16H2,1-4H3;1-8H,(H,15,16,17)/q+1;. The molecule has 2 aromatic rings. The summed E-state index contributed by atoms with van der Waals surface area (Å²) >= 11 is 0. The predicted molar refractivity (Wildman–Crippen MR) is 150 cm³/mol. The number of rotatable bonds is 14. The highest BCUT2D eigenvalue weighted by atomic mass is 32.3. The van der Waals surface area contributed by atoms with Gasteiger partial charge in [0, 0.05) is 11.1 Å². The Kier molecular flexibility index (Phi) is 12.6. The molecule has 0 atom stereocenters. The second-order valence-corrected chi connectivity index (χ2v) is 10.7. The first-order chi connectivity index (χ1) is 17.3. The molecule has 0 heterocycles. The van der Waals surface area contributed by atoms with E-state index in [-0.39, 0.29) is 0 Å². The van der Waals surface area contributed by atoms with Gasteiger partial charge in [-0.2, -0.15) is 8.42 Å². The van der Waals surface area contributed by atoms with E-state index in [1.165, 1.54) is 82.0 Å². The molecule has 2 aromatic carbocycles. The zero-order valence-electron chi connectivity index (χ0n) is 22.6. The van der Waals surface area contributed by atoms with Crippen molar-refractivity contribution in [3.05, 3.63) is 59.7 Å². The highest BCUT2D eigenvalue weighted by Crippen LogP contribution is 2.36. The van der Waals surface area contributed by atoms with Gasteiger partial charge >= 0.3 is 10.4 Å². The first kappa shape index (κ1) is 30.0. The molecule has 200 valence electrons. The molecule has 1 aliphatic rings. The lowest BCUT2D eigenvalue weighted by Gasteiger charge is -2.39. The van der Waals surface area contributed by atoms with Gasteiger partial charge in [0.25, 0.3) is 0 Å². The Morgan fingerprint density at radius 1 is 0.667 bits per heavy atom. The minimum absolute atomic E-state index is 0.392. The first-order valence-corrected chi connectivity index (χ1v) is 15.0. The summed E-state index contributed by atoms with van der Waals surface area (Å²) in [5, 5.41) is 3.56. The second-order valence-electron chi connectivity index (χ2n) is 9.68. The van der Waals surface area contributed by atoms with Crippen LogP contribution in [0, 0.1) is 0 Å². The van der Waals surface area contributed by atoms with Crippen molar-refractivity contribution in [3.8, 4) is 11.1 Å². The Bertz CT molecular complexity index is 981. The largest absolute Gasteiger partial charge is 0.466 e. The summed E-state index contributed by atoms with van der Waals surface area (Å²) in [6, 6.07) is 14.9. The van der Waals surface area contributed by atoms with Gasteiger partial charge in [-0.1, -0.05) is 107 Å². The number of benzene rings is 2. The summed E-state index contributed by atoms with van der Waals surface area (Å²) in [7, 11) is -4.60. The Labute approximate surface area is 218 Å². The molecule has 0 spiro atoms. The van der Waals surface area contributed by atoms with Crippen LogP contribution in [0.1, 0.15) is 90.2 Å². The summed E-state index contributed by atoms with van der Waals surface area (Å²) in [5.74, 6) is 0. The molecule has 0 aromatic heterocycles. The van der Waals surface area contributed by atoms with Crippen molar-refractivity contribution in [1.82, 2.24) is 0 Å². The van der Waals surface area contributed by atoms with Gasteiger partial charge in [0.2, 0.25) is 0 Å². The number of oxime groups is 1. The van der Waals surface area contributed by atoms with Crippen molar-refractivity contribution in [2.75, 3.05) is 26.2 Å². The number of quaternary nitrogens is 1. The van der Waals surface area contributed by atoms with E-state index in [0.29, 0.717) is 5.71 Å². The van der Waals surface area contributed by atoms with Gasteiger partial charge in [-0.25, -0.2) is 4.28 Å². The van der Waals surface area contributed by atoms with Crippen LogP contribution in [-0.4, -0.2) is 49.3 Å². The molecule has 0 aliphatic heterocycles. The van der Waals surface area contributed by atoms with E-state index in [1.54, 1.807) is 0 Å². The minimum atomic E-state index is -4.60. The summed E-state index contributed by atoms with van der Waals surface area (Å²) in [6.07, 6.45) is 11.1. The normalized spacial score (nSPS) is 12.4. The molecule has 7 heteroatoms. The SMILES string of the molecule is CCCC[N+](CCCC)(CCCC)CCCC.O=S(=O)(O)ON=C1c2ccccc2-c2ccccc21. The highest BCUT2D eigenvalue weighted by molar-refractivity contribution is 7.80. The van der Waals surface area contributed by atoms with Crippen LogP contribution in [0.3, 0.4) is 0 Å². The number of nitrogens with zero attached hydrogens (tertiary/aromatic N) is 2. The predicted octanol–water partition coefficient (Wildman–Crippen LogP) is 7.24. The molecular weight excluding hydrogens is 472 g/mol. The maximum Gasteiger partial charge on any atom is 0.466 e. The van der Waals surface area contributed by atoms with Crippen LogP contribution < -0.4 is 0 Å². The summed E-state index contributed by atoms with van der Waals surface area (Å²) in [6.45, 7) is 15.0. The van der Waals surface area contributed by atoms with Crippen LogP contribution in [0.25, 0.3) is 11.1 Å². The molecule has 1 N–H and O–H groups in total. The van der Waals surface area contributed by atoms with Crippen LogP contribution in [0.4, 0.5) is 0 Å². The van der Waals surface area contributed by atoms with Crippen LogP contribution in [0.2, 0.25) is 0 Å². The molecule has 0 saturated heterocycles. The lowest BCUT2D eigenvalue weighted by Crippen LogP contribution is -2.50. The monoisotopic (exact) mass is 517 g/mol. The van der Waals surface area contributed by atoms with Gasteiger partial charge in [-0.05, 0) is 36.8 Å². The molecule has 36 heavy (non-hydrogen) atoms. The summed E-state index contributed by atoms with van der Waals surface area (Å²) in [5.41, 5.74) is 3.84.